The van der Waals surface area contributed by atoms with Crippen LogP contribution in [-0.2, 0) is 20.4 Å². The van der Waals surface area contributed by atoms with Crippen LogP contribution in [0.2, 0.25) is 0 Å². The number of likely N-dealkylation sites (N-methyl/N-ethyl adjacent to an activating group) is 1. The smallest absolute Gasteiger partial charge is 0.494 e. The van der Waals surface area contributed by atoms with Gasteiger partial charge in [-0.3, -0.25) is 9.46 Å². The van der Waals surface area contributed by atoms with Gasteiger partial charge in [0.15, 0.2) is 0 Å². The lowest BCUT2D eigenvalue weighted by Crippen LogP contribution is -2.31. The Morgan fingerprint density at radius 1 is 0.979 bits per heavy atom. The van der Waals surface area contributed by atoms with E-state index in [1.54, 1.807) is 36.2 Å². The minimum atomic E-state index is -5.19. The number of fused-ring (bicyclic) bond motifs is 1. The average Bonchev–Trinajstić information content (AvgIpc) is 3.01. The van der Waals surface area contributed by atoms with Crippen molar-refractivity contribution in [3.8, 4) is 5.75 Å². The van der Waals surface area contributed by atoms with Crippen LogP contribution < -0.4 is 15.1 Å². The van der Waals surface area contributed by atoms with Crippen LogP contribution in [0.5, 0.6) is 5.75 Å². The van der Waals surface area contributed by atoms with Crippen molar-refractivity contribution in [1.82, 2.24) is 15.2 Å². The number of nitrogens with one attached hydrogen (secondary N) is 1. The second-order valence-corrected chi connectivity index (χ2v) is 14.8. The Morgan fingerprint density at radius 2 is 1.68 bits per heavy atom. The fraction of sp³-hybridized carbons (Fsp3) is 0.419. The Bertz CT molecular complexity index is 1590. The summed E-state index contributed by atoms with van der Waals surface area (Å²) < 4.78 is 33.8. The summed E-state index contributed by atoms with van der Waals surface area (Å²) >= 11 is 0. The first-order valence-electron chi connectivity index (χ1n) is 14.9. The van der Waals surface area contributed by atoms with Gasteiger partial charge in [-0.2, -0.15) is 9.99 Å². The maximum absolute atomic E-state index is 12.2. The minimum Gasteiger partial charge on any atom is -0.494 e. The normalized spacial score (nSPS) is 13.6. The Balaban J connectivity index is 1.36. The van der Waals surface area contributed by atoms with Crippen LogP contribution in [0, 0.1) is 0 Å². The molecule has 0 aliphatic heterocycles. The molecule has 256 valence electrons. The summed E-state index contributed by atoms with van der Waals surface area (Å²) in [6.07, 6.45) is 0.766. The number of hydrazone groups is 1. The van der Waals surface area contributed by atoms with E-state index in [9.17, 15) is 33.7 Å². The molecule has 14 nitrogen and oxygen atoms in total. The lowest BCUT2D eigenvalue weighted by molar-refractivity contribution is 0.131. The molecular weight excluding hydrogens is 648 g/mol. The minimum absolute atomic E-state index is 0.00949. The summed E-state index contributed by atoms with van der Waals surface area (Å²) in [6, 6.07) is 19.6. The van der Waals surface area contributed by atoms with E-state index in [0.717, 1.165) is 5.69 Å². The second-order valence-electron chi connectivity index (χ2n) is 11.3. The Labute approximate surface area is 275 Å². The molecule has 0 aliphatic rings. The largest absolute Gasteiger partial charge is 0.554 e. The maximum Gasteiger partial charge on any atom is 0.554 e. The number of benzene rings is 3. The standard InChI is InChI=1S/C31H43N5O9P2/c1-34(2)29-14-7-12-27-25(10-6-13-28(27)29)23-36(4)18-20-45-30(37)33-32-22-24-9-5-11-26(21-24)44-19-8-16-35(3)17-15-31(38,46(39)40)47(41,42)43/h5-7,9-14,21-22,38H,8,15-20,23H2,1-4H3,(H3-,33,37,39,40,41,42,43)/p+1/b32-22+. The predicted molar refractivity (Wildman–Crippen MR) is 182 cm³/mol. The van der Waals surface area contributed by atoms with Crippen molar-refractivity contribution >= 4 is 44.4 Å². The molecule has 0 saturated carbocycles. The van der Waals surface area contributed by atoms with Crippen LogP contribution in [-0.4, -0.2) is 108 Å². The Morgan fingerprint density at radius 3 is 2.38 bits per heavy atom. The van der Waals surface area contributed by atoms with Gasteiger partial charge in [-0.15, -0.1) is 0 Å². The topological polar surface area (TPSA) is 185 Å². The zero-order chi connectivity index (χ0) is 34.6. The number of anilines is 1. The zero-order valence-electron chi connectivity index (χ0n) is 27.0. The molecule has 5 N–H and O–H groups in total. The van der Waals surface area contributed by atoms with Gasteiger partial charge >= 0.3 is 26.8 Å². The number of ether oxygens (including phenoxy) is 2. The summed E-state index contributed by atoms with van der Waals surface area (Å²) in [6.45, 7) is 2.18. The highest BCUT2D eigenvalue weighted by atomic mass is 31.2. The molecule has 2 unspecified atom stereocenters. The van der Waals surface area contributed by atoms with Gasteiger partial charge < -0.3 is 34.2 Å². The van der Waals surface area contributed by atoms with Crippen molar-refractivity contribution in [3.63, 3.8) is 0 Å². The first kappa shape index (κ1) is 38.0. The average molecular weight is 693 g/mol. The molecule has 3 aromatic carbocycles. The van der Waals surface area contributed by atoms with Crippen molar-refractivity contribution in [2.45, 2.75) is 24.5 Å². The van der Waals surface area contributed by atoms with Crippen LogP contribution in [0.3, 0.4) is 0 Å². The molecule has 0 saturated heterocycles. The van der Waals surface area contributed by atoms with Gasteiger partial charge in [0.2, 0.25) is 0 Å². The van der Waals surface area contributed by atoms with E-state index in [4.69, 9.17) is 9.47 Å². The lowest BCUT2D eigenvalue weighted by atomic mass is 10.0. The van der Waals surface area contributed by atoms with Crippen molar-refractivity contribution in [1.29, 1.82) is 0 Å². The van der Waals surface area contributed by atoms with E-state index in [1.165, 1.54) is 22.6 Å². The number of carbonyl (C=O) groups excluding carboxylic acids is 1. The first-order valence-corrected chi connectivity index (χ1v) is 17.7. The number of aliphatic hydroxyl groups is 1. The number of rotatable bonds is 18. The molecule has 0 aromatic heterocycles. The van der Waals surface area contributed by atoms with E-state index in [-0.39, 0.29) is 13.2 Å². The van der Waals surface area contributed by atoms with E-state index in [1.807, 2.05) is 21.1 Å². The molecule has 47 heavy (non-hydrogen) atoms. The maximum atomic E-state index is 12.2. The summed E-state index contributed by atoms with van der Waals surface area (Å²) in [7, 11) is -1.00. The van der Waals surface area contributed by atoms with Crippen molar-refractivity contribution in [2.75, 3.05) is 65.9 Å². The molecule has 0 fully saturated rings. The van der Waals surface area contributed by atoms with E-state index < -0.39 is 33.2 Å². The quantitative estimate of drug-likeness (QED) is 0.0564. The highest BCUT2D eigenvalue weighted by Gasteiger charge is 2.62. The molecule has 0 heterocycles. The van der Waals surface area contributed by atoms with Crippen LogP contribution in [0.1, 0.15) is 24.0 Å². The van der Waals surface area contributed by atoms with E-state index in [2.05, 4.69) is 56.7 Å². The zero-order valence-corrected chi connectivity index (χ0v) is 28.8. The highest BCUT2D eigenvalue weighted by Crippen LogP contribution is 2.61. The molecule has 2 atom stereocenters. The molecule has 3 rings (SSSR count). The number of nitrogens with zero attached hydrogens (tertiary/aromatic N) is 4. The van der Waals surface area contributed by atoms with Gasteiger partial charge in [0.25, 0.3) is 0 Å². The summed E-state index contributed by atoms with van der Waals surface area (Å²) in [4.78, 5) is 45.7. The van der Waals surface area contributed by atoms with E-state index in [0.29, 0.717) is 44.0 Å². The molecule has 3 aromatic rings. The molecule has 16 heteroatoms. The van der Waals surface area contributed by atoms with Crippen molar-refractivity contribution < 1.29 is 43.2 Å². The highest BCUT2D eigenvalue weighted by molar-refractivity contribution is 7.66. The molecule has 1 amide bonds. The van der Waals surface area contributed by atoms with Crippen LogP contribution in [0.15, 0.2) is 65.8 Å². The predicted octanol–water partition coefficient (Wildman–Crippen LogP) is 3.75. The molecule has 0 spiro atoms. The fourth-order valence-electron chi connectivity index (χ4n) is 4.76. The van der Waals surface area contributed by atoms with E-state index >= 15 is 0 Å². The molecule has 0 bridgehead atoms. The van der Waals surface area contributed by atoms with Crippen molar-refractivity contribution in [2.24, 2.45) is 5.10 Å². The number of carbonyl (C=O) groups is 1. The number of hydrogen-bond acceptors (Lipinski definition) is 10. The van der Waals surface area contributed by atoms with Gasteiger partial charge in [0, 0.05) is 51.3 Å². The van der Waals surface area contributed by atoms with Gasteiger partial charge in [-0.25, -0.2) is 10.2 Å². The summed E-state index contributed by atoms with van der Waals surface area (Å²) in [5.41, 5.74) is 5.39. The van der Waals surface area contributed by atoms with Crippen LogP contribution in [0.4, 0.5) is 10.5 Å². The lowest BCUT2D eigenvalue weighted by Gasteiger charge is -2.21. The molecule has 0 radical (unpaired) electrons. The second kappa shape index (κ2) is 17.6. The Kier molecular flexibility index (Phi) is 14.3. The third-order valence-corrected chi connectivity index (χ3v) is 10.7. The monoisotopic (exact) mass is 692 g/mol. The molecular formula is C31H44N5O9P2+. The van der Waals surface area contributed by atoms with Gasteiger partial charge in [0.05, 0.1) is 19.2 Å². The Hall–Kier alpha value is -3.45. The third-order valence-electron chi connectivity index (χ3n) is 7.40. The SMILES string of the molecule is CN(CCCOc1cccc(/C=N/NC(=O)OCCN(C)Cc2cccc3c(N(C)C)cccc23)c1)CCC(O)([P+](=O)O)P(=O)(O)O. The van der Waals surface area contributed by atoms with Crippen LogP contribution in [0.25, 0.3) is 10.8 Å². The summed E-state index contributed by atoms with van der Waals surface area (Å²) in [5, 5.41) is 13.3. The summed E-state index contributed by atoms with van der Waals surface area (Å²) in [5.74, 6) is 0.569. The third kappa shape index (κ3) is 11.3. The van der Waals surface area contributed by atoms with Gasteiger partial charge in [-0.05, 0) is 59.8 Å². The number of hydrogen-bond donors (Lipinski definition) is 5. The van der Waals surface area contributed by atoms with Gasteiger partial charge in [-0.1, -0.05) is 42.5 Å². The fourth-order valence-corrected chi connectivity index (χ4v) is 6.33. The molecule has 0 aliphatic carbocycles. The number of amides is 1. The first-order chi connectivity index (χ1) is 22.2. The van der Waals surface area contributed by atoms with Crippen molar-refractivity contribution in [3.05, 3.63) is 71.8 Å². The van der Waals surface area contributed by atoms with Crippen LogP contribution >= 0.6 is 15.6 Å². The van der Waals surface area contributed by atoms with Gasteiger partial charge in [0.1, 0.15) is 12.4 Å².